The molecule has 7 nitrogen and oxygen atoms in total. The number of benzene rings is 1. The number of Topliss-reactive ketones (excluding diaryl/α,β-unsaturated/α-hetero) is 1. The van der Waals surface area contributed by atoms with Crippen LogP contribution < -0.4 is 5.73 Å². The van der Waals surface area contributed by atoms with Crippen molar-refractivity contribution < 1.29 is 40.6 Å². The summed E-state index contributed by atoms with van der Waals surface area (Å²) in [5.74, 6) is -0.529. The monoisotopic (exact) mass is 371 g/mol. The fourth-order valence-electron chi connectivity index (χ4n) is 2.37. The molecule has 2 unspecified atom stereocenters. The number of nitrogens with two attached hydrogens (primary N) is 1. The summed E-state index contributed by atoms with van der Waals surface area (Å²) in [4.78, 5) is 11.9. The summed E-state index contributed by atoms with van der Waals surface area (Å²) in [5, 5.41) is 9.55. The lowest BCUT2D eigenvalue weighted by molar-refractivity contribution is -0.137. The van der Waals surface area contributed by atoms with Crippen molar-refractivity contribution >= 4 is 16.2 Å². The number of hydrogen-bond donors (Lipinski definition) is 4. The van der Waals surface area contributed by atoms with E-state index in [0.29, 0.717) is 24.8 Å². The van der Waals surface area contributed by atoms with Crippen LogP contribution in [-0.4, -0.2) is 34.5 Å². The van der Waals surface area contributed by atoms with E-state index in [-0.39, 0.29) is 0 Å². The van der Waals surface area contributed by atoms with Crippen LogP contribution in [-0.2, 0) is 26.9 Å². The molecule has 0 aromatic heterocycles. The van der Waals surface area contributed by atoms with E-state index in [0.717, 1.165) is 12.1 Å². The zero-order chi connectivity index (χ0) is 18.8. The Kier molecular flexibility index (Phi) is 6.11. The van der Waals surface area contributed by atoms with Crippen LogP contribution in [0.2, 0.25) is 0 Å². The average molecular weight is 371 g/mol. The smallest absolute Gasteiger partial charge is 0.385 e. The van der Waals surface area contributed by atoms with Gasteiger partial charge in [0, 0.05) is 0 Å². The highest BCUT2D eigenvalue weighted by Gasteiger charge is 2.42. The summed E-state index contributed by atoms with van der Waals surface area (Å²) in [6.07, 6.45) is -4.32. The fraction of sp³-hybridized carbons (Fsp3) is 0.462. The molecular weight excluding hydrogens is 355 g/mol. The van der Waals surface area contributed by atoms with Gasteiger partial charge in [0.25, 0.3) is 0 Å². The Bertz CT molecular complexity index is 681. The predicted molar refractivity (Wildman–Crippen MR) is 76.4 cm³/mol. The van der Waals surface area contributed by atoms with Gasteiger partial charge in [0.1, 0.15) is 11.6 Å². The van der Waals surface area contributed by atoms with E-state index >= 15 is 0 Å². The summed E-state index contributed by atoms with van der Waals surface area (Å²) < 4.78 is 69.0. The quantitative estimate of drug-likeness (QED) is 0.546. The Hall–Kier alpha value is -1.53. The van der Waals surface area contributed by atoms with Gasteiger partial charge in [0.05, 0.1) is 5.56 Å². The molecule has 1 aliphatic carbocycles. The maximum atomic E-state index is 12.5. The predicted octanol–water partition coefficient (Wildman–Crippen LogP) is 1.32. The second-order valence-electron chi connectivity index (χ2n) is 5.27. The Balaban J connectivity index is 0.000000505. The Morgan fingerprint density at radius 3 is 2.04 bits per heavy atom. The molecule has 136 valence electrons. The number of carbonyl (C=O) groups is 1. The minimum Gasteiger partial charge on any atom is -0.385 e. The highest BCUT2D eigenvalue weighted by atomic mass is 32.3. The van der Waals surface area contributed by atoms with Crippen molar-refractivity contribution in [1.82, 2.24) is 0 Å². The minimum absolute atomic E-state index is 0.309. The lowest BCUT2D eigenvalue weighted by Gasteiger charge is -2.34. The number of aliphatic hydroxyl groups excluding tert-OH is 1. The highest BCUT2D eigenvalue weighted by Crippen LogP contribution is 2.35. The molecule has 24 heavy (non-hydrogen) atoms. The van der Waals surface area contributed by atoms with Crippen LogP contribution in [0.15, 0.2) is 24.3 Å². The first-order chi connectivity index (χ1) is 10.7. The number of hydrogen-bond acceptors (Lipinski definition) is 5. The van der Waals surface area contributed by atoms with Crippen LogP contribution in [0.3, 0.4) is 0 Å². The van der Waals surface area contributed by atoms with Gasteiger partial charge in [-0.15, -0.1) is 0 Å². The number of alkyl halides is 3. The second-order valence-corrected chi connectivity index (χ2v) is 6.16. The van der Waals surface area contributed by atoms with Crippen molar-refractivity contribution in [2.45, 2.75) is 37.1 Å². The minimum atomic E-state index is -4.67. The number of ketones is 1. The molecule has 0 amide bonds. The third-order valence-corrected chi connectivity index (χ3v) is 3.52. The molecule has 1 saturated carbocycles. The van der Waals surface area contributed by atoms with E-state index in [1.807, 2.05) is 0 Å². The van der Waals surface area contributed by atoms with Gasteiger partial charge >= 0.3 is 16.6 Å². The first-order valence-corrected chi connectivity index (χ1v) is 8.04. The first-order valence-electron chi connectivity index (χ1n) is 6.64. The molecule has 1 aromatic carbocycles. The SMILES string of the molecule is NC1(c2ccc(C(F)(F)F)cc2)CCCC(O)C1=O.O=S(=O)(O)O. The fourth-order valence-corrected chi connectivity index (χ4v) is 2.37. The lowest BCUT2D eigenvalue weighted by atomic mass is 9.75. The van der Waals surface area contributed by atoms with Crippen molar-refractivity contribution in [3.05, 3.63) is 35.4 Å². The Morgan fingerprint density at radius 2 is 1.62 bits per heavy atom. The van der Waals surface area contributed by atoms with Crippen molar-refractivity contribution in [2.75, 3.05) is 0 Å². The third kappa shape index (κ3) is 5.53. The third-order valence-electron chi connectivity index (χ3n) is 3.52. The van der Waals surface area contributed by atoms with Crippen molar-refractivity contribution in [3.8, 4) is 0 Å². The molecule has 1 aromatic rings. The van der Waals surface area contributed by atoms with Gasteiger partial charge in [-0.25, -0.2) is 0 Å². The van der Waals surface area contributed by atoms with E-state index < -0.39 is 39.6 Å². The average Bonchev–Trinajstić information content (AvgIpc) is 2.42. The number of rotatable bonds is 1. The molecule has 0 radical (unpaired) electrons. The second kappa shape index (κ2) is 7.15. The summed E-state index contributed by atoms with van der Waals surface area (Å²) in [6, 6.07) is 4.22. The van der Waals surface area contributed by atoms with Crippen LogP contribution in [0.25, 0.3) is 0 Å². The Labute approximate surface area is 135 Å². The van der Waals surface area contributed by atoms with Gasteiger partial charge in [0.2, 0.25) is 0 Å². The van der Waals surface area contributed by atoms with Crippen LogP contribution in [0.5, 0.6) is 0 Å². The molecule has 2 rings (SSSR count). The van der Waals surface area contributed by atoms with Crippen LogP contribution in [0, 0.1) is 0 Å². The summed E-state index contributed by atoms with van der Waals surface area (Å²) in [5.41, 5.74) is 4.12. The van der Waals surface area contributed by atoms with Gasteiger partial charge < -0.3 is 10.8 Å². The van der Waals surface area contributed by atoms with Crippen LogP contribution in [0.1, 0.15) is 30.4 Å². The van der Waals surface area contributed by atoms with Gasteiger partial charge in [-0.1, -0.05) is 12.1 Å². The van der Waals surface area contributed by atoms with E-state index in [1.165, 1.54) is 12.1 Å². The van der Waals surface area contributed by atoms with Gasteiger partial charge in [-0.3, -0.25) is 13.9 Å². The van der Waals surface area contributed by atoms with E-state index in [1.54, 1.807) is 0 Å². The molecule has 2 atom stereocenters. The standard InChI is InChI=1S/C13H14F3NO2.H2O4S/c14-13(15,16)9-5-3-8(4-6-9)12(17)7-1-2-10(18)11(12)19;1-5(2,3)4/h3-6,10,18H,1-2,7,17H2;(H2,1,2,3,4). The molecule has 1 aliphatic rings. The molecule has 5 N–H and O–H groups in total. The molecule has 0 bridgehead atoms. The number of carbonyl (C=O) groups excluding carboxylic acids is 1. The lowest BCUT2D eigenvalue weighted by Crippen LogP contribution is -2.52. The molecule has 0 spiro atoms. The molecule has 1 fully saturated rings. The molecule has 0 aliphatic heterocycles. The Morgan fingerprint density at radius 1 is 1.17 bits per heavy atom. The topological polar surface area (TPSA) is 138 Å². The van der Waals surface area contributed by atoms with E-state index in [4.69, 9.17) is 23.3 Å². The highest BCUT2D eigenvalue weighted by molar-refractivity contribution is 7.79. The van der Waals surface area contributed by atoms with Gasteiger partial charge in [-0.2, -0.15) is 21.6 Å². The normalized spacial score (nSPS) is 25.0. The van der Waals surface area contributed by atoms with Gasteiger partial charge in [-0.05, 0) is 37.0 Å². The molecule has 0 saturated heterocycles. The summed E-state index contributed by atoms with van der Waals surface area (Å²) in [7, 11) is -4.67. The maximum absolute atomic E-state index is 12.5. The van der Waals surface area contributed by atoms with Gasteiger partial charge in [0.15, 0.2) is 5.78 Å². The molecule has 11 heteroatoms. The summed E-state index contributed by atoms with van der Waals surface area (Å²) in [6.45, 7) is 0. The zero-order valence-electron chi connectivity index (χ0n) is 12.2. The van der Waals surface area contributed by atoms with Crippen LogP contribution in [0.4, 0.5) is 13.2 Å². The van der Waals surface area contributed by atoms with Crippen molar-refractivity contribution in [2.24, 2.45) is 5.73 Å². The summed E-state index contributed by atoms with van der Waals surface area (Å²) >= 11 is 0. The number of aliphatic hydroxyl groups is 1. The number of halogens is 3. The zero-order valence-corrected chi connectivity index (χ0v) is 13.0. The largest absolute Gasteiger partial charge is 0.416 e. The van der Waals surface area contributed by atoms with E-state index in [2.05, 4.69) is 0 Å². The maximum Gasteiger partial charge on any atom is 0.416 e. The van der Waals surface area contributed by atoms with Crippen LogP contribution >= 0.6 is 0 Å². The first kappa shape index (κ1) is 20.5. The molecular formula is C13H16F3NO6S. The van der Waals surface area contributed by atoms with Crippen molar-refractivity contribution in [3.63, 3.8) is 0 Å². The van der Waals surface area contributed by atoms with E-state index in [9.17, 15) is 23.1 Å². The van der Waals surface area contributed by atoms with Crippen molar-refractivity contribution in [1.29, 1.82) is 0 Å². The molecule has 0 heterocycles.